The molecule has 7 heteroatoms. The summed E-state index contributed by atoms with van der Waals surface area (Å²) >= 11 is 0. The summed E-state index contributed by atoms with van der Waals surface area (Å²) in [6, 6.07) is 9.68. The Hall–Kier alpha value is -3.53. The molecule has 5 nitrogen and oxygen atoms in total. The summed E-state index contributed by atoms with van der Waals surface area (Å²) in [6.07, 6.45) is 8.02. The lowest BCUT2D eigenvalue weighted by molar-refractivity contribution is -0.139. The summed E-state index contributed by atoms with van der Waals surface area (Å²) < 4.78 is 28.5. The van der Waals surface area contributed by atoms with Crippen molar-refractivity contribution >= 4 is 16.9 Å². The van der Waals surface area contributed by atoms with E-state index in [0.29, 0.717) is 28.7 Å². The van der Waals surface area contributed by atoms with Crippen molar-refractivity contribution in [1.29, 1.82) is 5.26 Å². The Morgan fingerprint density at radius 1 is 1.20 bits per heavy atom. The monoisotopic (exact) mass is 474 g/mol. The number of allylic oxidation sites excluding steroid dienone is 1. The molecule has 4 unspecified atom stereocenters. The molecule has 0 spiro atoms. The highest BCUT2D eigenvalue weighted by atomic mass is 19.1. The molecule has 1 saturated carbocycles. The lowest BCUT2D eigenvalue weighted by Gasteiger charge is -2.48. The van der Waals surface area contributed by atoms with Crippen molar-refractivity contribution in [3.05, 3.63) is 77.6 Å². The number of hydrogen-bond donors (Lipinski definition) is 1. The molecule has 2 fully saturated rings. The van der Waals surface area contributed by atoms with Crippen molar-refractivity contribution in [1.82, 2.24) is 14.9 Å². The minimum atomic E-state index is -0.454. The van der Waals surface area contributed by atoms with Crippen LogP contribution in [-0.2, 0) is 4.79 Å². The molecule has 0 radical (unpaired) electrons. The van der Waals surface area contributed by atoms with Crippen molar-refractivity contribution in [2.45, 2.75) is 50.5 Å². The molecule has 2 aromatic heterocycles. The first-order valence-corrected chi connectivity index (χ1v) is 12.2. The van der Waals surface area contributed by atoms with E-state index >= 15 is 0 Å². The number of fused-ring (bicyclic) bond motifs is 2. The highest BCUT2D eigenvalue weighted by molar-refractivity contribution is 5.84. The summed E-state index contributed by atoms with van der Waals surface area (Å²) in [5, 5.41) is 9.79. The predicted molar refractivity (Wildman–Crippen MR) is 129 cm³/mol. The van der Waals surface area contributed by atoms with Crippen molar-refractivity contribution < 1.29 is 13.6 Å². The van der Waals surface area contributed by atoms with Gasteiger partial charge in [0.2, 0.25) is 5.91 Å². The van der Waals surface area contributed by atoms with Crippen LogP contribution in [0.1, 0.15) is 55.6 Å². The van der Waals surface area contributed by atoms with E-state index in [-0.39, 0.29) is 36.0 Å². The quantitative estimate of drug-likeness (QED) is 0.472. The van der Waals surface area contributed by atoms with E-state index in [1.165, 1.54) is 24.4 Å². The number of H-pyrrole nitrogens is 1. The average molecular weight is 475 g/mol. The molecule has 1 saturated heterocycles. The maximum absolute atomic E-state index is 14.8. The second-order valence-electron chi connectivity index (χ2n) is 9.70. The van der Waals surface area contributed by atoms with Gasteiger partial charge in [0.05, 0.1) is 11.5 Å². The van der Waals surface area contributed by atoms with E-state index in [0.717, 1.165) is 37.7 Å². The van der Waals surface area contributed by atoms with Crippen LogP contribution in [0.2, 0.25) is 0 Å². The van der Waals surface area contributed by atoms with Gasteiger partial charge in [-0.05, 0) is 60.4 Å². The van der Waals surface area contributed by atoms with Crippen LogP contribution in [0.5, 0.6) is 0 Å². The van der Waals surface area contributed by atoms with Crippen LogP contribution in [0.4, 0.5) is 8.78 Å². The minimum Gasteiger partial charge on any atom is -0.346 e. The fraction of sp³-hybridized carbons (Fsp3) is 0.393. The standard InChI is InChI=1S/C28H28F2N4O/c1-17(15-31)20-11-13-34(25-5-3-2-4-21(20)25)26(35)14-22(18-6-8-19(29)9-7-18)23-16-33-28-27(23)24(30)10-12-32-28/h6-10,12,16,20-22,25H,1-5,11,13-14H2,(H,32,33). The Bertz CT molecular complexity index is 1290. The number of aromatic nitrogens is 2. The van der Waals surface area contributed by atoms with Crippen molar-refractivity contribution in [2.24, 2.45) is 11.8 Å². The highest BCUT2D eigenvalue weighted by Crippen LogP contribution is 2.43. The van der Waals surface area contributed by atoms with Crippen LogP contribution < -0.4 is 0 Å². The predicted octanol–water partition coefficient (Wildman–Crippen LogP) is 5.85. The van der Waals surface area contributed by atoms with E-state index in [9.17, 15) is 18.8 Å². The third-order valence-corrected chi connectivity index (χ3v) is 7.87. The molecule has 1 aromatic carbocycles. The number of carbonyl (C=O) groups excluding carboxylic acids is 1. The zero-order valence-corrected chi connectivity index (χ0v) is 19.5. The van der Waals surface area contributed by atoms with Gasteiger partial charge >= 0.3 is 0 Å². The zero-order chi connectivity index (χ0) is 24.5. The Morgan fingerprint density at radius 2 is 1.97 bits per heavy atom. The number of nitriles is 1. The van der Waals surface area contributed by atoms with Gasteiger partial charge in [0.1, 0.15) is 17.3 Å². The van der Waals surface area contributed by atoms with Crippen LogP contribution in [0, 0.1) is 34.8 Å². The molecule has 35 heavy (non-hydrogen) atoms. The third kappa shape index (κ3) is 4.34. The second kappa shape index (κ2) is 9.61. The van der Waals surface area contributed by atoms with Crippen LogP contribution in [0.15, 0.2) is 54.9 Å². The lowest BCUT2D eigenvalue weighted by atomic mass is 9.69. The summed E-state index contributed by atoms with van der Waals surface area (Å²) in [7, 11) is 0. The molecule has 2 aliphatic rings. The van der Waals surface area contributed by atoms with Gasteiger partial charge in [-0.3, -0.25) is 4.79 Å². The fourth-order valence-corrected chi connectivity index (χ4v) is 6.19. The largest absolute Gasteiger partial charge is 0.346 e. The van der Waals surface area contributed by atoms with Crippen molar-refractivity contribution in [3.8, 4) is 6.07 Å². The topological polar surface area (TPSA) is 72.8 Å². The Labute approximate surface area is 203 Å². The highest BCUT2D eigenvalue weighted by Gasteiger charge is 2.42. The summed E-state index contributed by atoms with van der Waals surface area (Å²) in [6.45, 7) is 4.56. The van der Waals surface area contributed by atoms with Gasteiger partial charge < -0.3 is 9.88 Å². The molecule has 3 aromatic rings. The molecule has 1 aliphatic carbocycles. The van der Waals surface area contributed by atoms with E-state index in [4.69, 9.17) is 0 Å². The number of nitrogens with zero attached hydrogens (tertiary/aromatic N) is 3. The average Bonchev–Trinajstić information content (AvgIpc) is 3.32. The van der Waals surface area contributed by atoms with Gasteiger partial charge in [-0.2, -0.15) is 5.26 Å². The SMILES string of the molecule is C=C(C#N)C1CCN(C(=O)CC(c2ccc(F)cc2)c2c[nH]c3nccc(F)c23)C2CCCCC12. The van der Waals surface area contributed by atoms with Gasteiger partial charge in [-0.1, -0.05) is 31.6 Å². The number of amides is 1. The summed E-state index contributed by atoms with van der Waals surface area (Å²) in [5.41, 5.74) is 2.41. The number of aromatic amines is 1. The van der Waals surface area contributed by atoms with Crippen molar-refractivity contribution in [2.75, 3.05) is 6.54 Å². The number of halogens is 2. The van der Waals surface area contributed by atoms with Gasteiger partial charge in [0, 0.05) is 42.9 Å². The zero-order valence-electron chi connectivity index (χ0n) is 19.5. The first kappa shape index (κ1) is 23.2. The number of hydrogen-bond acceptors (Lipinski definition) is 3. The molecule has 3 heterocycles. The number of nitrogens with one attached hydrogen (secondary N) is 1. The van der Waals surface area contributed by atoms with Crippen LogP contribution >= 0.6 is 0 Å². The Morgan fingerprint density at radius 3 is 2.74 bits per heavy atom. The van der Waals surface area contributed by atoms with Crippen LogP contribution in [0.3, 0.4) is 0 Å². The van der Waals surface area contributed by atoms with Gasteiger partial charge in [0.15, 0.2) is 0 Å². The molecule has 180 valence electrons. The first-order chi connectivity index (χ1) is 17.0. The third-order valence-electron chi connectivity index (χ3n) is 7.87. The van der Waals surface area contributed by atoms with E-state index in [1.54, 1.807) is 18.3 Å². The second-order valence-corrected chi connectivity index (χ2v) is 9.70. The molecular weight excluding hydrogens is 446 g/mol. The smallest absolute Gasteiger partial charge is 0.223 e. The van der Waals surface area contributed by atoms with Gasteiger partial charge in [-0.15, -0.1) is 0 Å². The molecule has 1 aliphatic heterocycles. The summed E-state index contributed by atoms with van der Waals surface area (Å²) in [5.74, 6) is -0.867. The van der Waals surface area contributed by atoms with E-state index in [1.807, 2.05) is 4.90 Å². The number of rotatable bonds is 5. The maximum Gasteiger partial charge on any atom is 0.223 e. The van der Waals surface area contributed by atoms with Gasteiger partial charge in [0.25, 0.3) is 0 Å². The normalized spacial score (nSPS) is 22.9. The number of benzene rings is 1. The van der Waals surface area contributed by atoms with Crippen LogP contribution in [-0.4, -0.2) is 33.4 Å². The summed E-state index contributed by atoms with van der Waals surface area (Å²) in [4.78, 5) is 23.0. The molecule has 1 N–H and O–H groups in total. The number of likely N-dealkylation sites (tertiary alicyclic amines) is 1. The number of piperidine rings is 1. The molecule has 0 bridgehead atoms. The number of pyridine rings is 1. The lowest BCUT2D eigenvalue weighted by Crippen LogP contribution is -2.53. The Kier molecular flexibility index (Phi) is 6.38. The molecule has 4 atom stereocenters. The maximum atomic E-state index is 14.8. The Balaban J connectivity index is 1.48. The molecule has 1 amide bonds. The van der Waals surface area contributed by atoms with E-state index in [2.05, 4.69) is 22.6 Å². The first-order valence-electron chi connectivity index (χ1n) is 12.2. The molecular formula is C28H28F2N4O. The number of carbonyl (C=O) groups is 1. The van der Waals surface area contributed by atoms with Crippen molar-refractivity contribution in [3.63, 3.8) is 0 Å². The van der Waals surface area contributed by atoms with Crippen LogP contribution in [0.25, 0.3) is 11.0 Å². The van der Waals surface area contributed by atoms with E-state index < -0.39 is 11.7 Å². The molecule has 5 rings (SSSR count). The minimum absolute atomic E-state index is 0.00380. The fourth-order valence-electron chi connectivity index (χ4n) is 6.19. The van der Waals surface area contributed by atoms with Gasteiger partial charge in [-0.25, -0.2) is 13.8 Å².